The van der Waals surface area contributed by atoms with Gasteiger partial charge in [0.25, 0.3) is 0 Å². The number of hydrogen-bond donors (Lipinski definition) is 1. The highest BCUT2D eigenvalue weighted by Crippen LogP contribution is 2.27. The molecule has 0 unspecified atom stereocenters. The van der Waals surface area contributed by atoms with Crippen LogP contribution in [-0.4, -0.2) is 31.7 Å². The number of anilines is 1. The van der Waals surface area contributed by atoms with Crippen LogP contribution in [0.1, 0.15) is 12.8 Å². The molecule has 0 bridgehead atoms. The molecule has 1 amide bonds. The summed E-state index contributed by atoms with van der Waals surface area (Å²) in [6, 6.07) is 15.7. The van der Waals surface area contributed by atoms with Gasteiger partial charge in [-0.2, -0.15) is 4.31 Å². The summed E-state index contributed by atoms with van der Waals surface area (Å²) in [6.45, 7) is 0.427. The Morgan fingerprint density at radius 1 is 0.900 bits per heavy atom. The van der Waals surface area contributed by atoms with Crippen LogP contribution < -0.4 is 5.32 Å². The zero-order chi connectivity index (χ0) is 21.3. The molecule has 1 saturated heterocycles. The van der Waals surface area contributed by atoms with Gasteiger partial charge in [0.2, 0.25) is 15.9 Å². The first-order valence-corrected chi connectivity index (χ1v) is 11.0. The lowest BCUT2D eigenvalue weighted by atomic mass is 9.97. The predicted molar refractivity (Wildman–Crippen MR) is 110 cm³/mol. The van der Waals surface area contributed by atoms with E-state index >= 15 is 0 Å². The minimum absolute atomic E-state index is 0.171. The second kappa shape index (κ2) is 8.12. The Balaban J connectivity index is 1.42. The molecular formula is C22H20F2N2O3S. The zero-order valence-corrected chi connectivity index (χ0v) is 16.8. The van der Waals surface area contributed by atoms with Crippen molar-refractivity contribution in [2.75, 3.05) is 18.4 Å². The van der Waals surface area contributed by atoms with Gasteiger partial charge in [-0.05, 0) is 47.9 Å². The maximum absolute atomic E-state index is 13.3. The van der Waals surface area contributed by atoms with E-state index in [0.717, 1.165) is 22.9 Å². The Labute approximate surface area is 173 Å². The Morgan fingerprint density at radius 3 is 2.30 bits per heavy atom. The summed E-state index contributed by atoms with van der Waals surface area (Å²) in [5.41, 5.74) is 0.171. The van der Waals surface area contributed by atoms with Gasteiger partial charge in [0.1, 0.15) is 0 Å². The first-order chi connectivity index (χ1) is 14.3. The van der Waals surface area contributed by atoms with Crippen LogP contribution in [0, 0.1) is 17.6 Å². The molecule has 1 aliphatic heterocycles. The van der Waals surface area contributed by atoms with Gasteiger partial charge in [-0.1, -0.05) is 30.3 Å². The van der Waals surface area contributed by atoms with E-state index in [1.54, 1.807) is 18.2 Å². The summed E-state index contributed by atoms with van der Waals surface area (Å²) < 4.78 is 53.8. The summed E-state index contributed by atoms with van der Waals surface area (Å²) in [6.07, 6.45) is 0.699. The molecule has 0 radical (unpaired) electrons. The standard InChI is InChI=1S/C22H20F2N2O3S/c23-20-8-6-18(14-21(20)24)25-22(27)16-9-11-26(12-10-16)30(28,29)19-7-5-15-3-1-2-4-17(15)13-19/h1-8,13-14,16H,9-12H2,(H,25,27). The lowest BCUT2D eigenvalue weighted by Gasteiger charge is -2.30. The van der Waals surface area contributed by atoms with Crippen molar-refractivity contribution in [2.24, 2.45) is 5.92 Å². The smallest absolute Gasteiger partial charge is 0.243 e. The van der Waals surface area contributed by atoms with Gasteiger partial charge in [-0.15, -0.1) is 0 Å². The number of nitrogens with one attached hydrogen (secondary N) is 1. The second-order valence-electron chi connectivity index (χ2n) is 7.31. The normalized spacial score (nSPS) is 15.9. The number of fused-ring (bicyclic) bond motifs is 1. The van der Waals surface area contributed by atoms with E-state index in [1.165, 1.54) is 10.4 Å². The molecule has 4 rings (SSSR count). The summed E-state index contributed by atoms with van der Waals surface area (Å²) >= 11 is 0. The van der Waals surface area contributed by atoms with Gasteiger partial charge < -0.3 is 5.32 Å². The fourth-order valence-electron chi connectivity index (χ4n) is 3.65. The van der Waals surface area contributed by atoms with Gasteiger partial charge in [0.15, 0.2) is 11.6 Å². The van der Waals surface area contributed by atoms with Crippen molar-refractivity contribution in [3.05, 3.63) is 72.3 Å². The molecule has 3 aromatic carbocycles. The number of carbonyl (C=O) groups is 1. The summed E-state index contributed by atoms with van der Waals surface area (Å²) in [7, 11) is -3.66. The van der Waals surface area contributed by atoms with Crippen LogP contribution in [0.15, 0.2) is 65.6 Å². The Kier molecular flexibility index (Phi) is 5.53. The van der Waals surface area contributed by atoms with Gasteiger partial charge >= 0.3 is 0 Å². The molecule has 0 spiro atoms. The second-order valence-corrected chi connectivity index (χ2v) is 9.24. The van der Waals surface area contributed by atoms with Gasteiger partial charge in [-0.25, -0.2) is 17.2 Å². The van der Waals surface area contributed by atoms with E-state index in [9.17, 15) is 22.0 Å². The Bertz CT molecular complexity index is 1210. The SMILES string of the molecule is O=C(Nc1ccc(F)c(F)c1)C1CCN(S(=O)(=O)c2ccc3ccccc3c2)CC1. The number of hydrogen-bond acceptors (Lipinski definition) is 3. The number of piperidine rings is 1. The highest BCUT2D eigenvalue weighted by atomic mass is 32.2. The average molecular weight is 430 g/mol. The fourth-order valence-corrected chi connectivity index (χ4v) is 5.16. The van der Waals surface area contributed by atoms with Crippen LogP contribution in [-0.2, 0) is 14.8 Å². The first kappa shape index (κ1) is 20.4. The van der Waals surface area contributed by atoms with Crippen molar-refractivity contribution < 1.29 is 22.0 Å². The number of carbonyl (C=O) groups excluding carboxylic acids is 1. The molecule has 0 aliphatic carbocycles. The summed E-state index contributed by atoms with van der Waals surface area (Å²) in [4.78, 5) is 12.7. The van der Waals surface area contributed by atoms with Crippen molar-refractivity contribution in [3.63, 3.8) is 0 Å². The van der Waals surface area contributed by atoms with E-state index < -0.39 is 27.6 Å². The number of rotatable bonds is 4. The van der Waals surface area contributed by atoms with E-state index in [0.29, 0.717) is 12.8 Å². The van der Waals surface area contributed by atoms with Crippen molar-refractivity contribution in [1.82, 2.24) is 4.31 Å². The monoisotopic (exact) mass is 430 g/mol. The van der Waals surface area contributed by atoms with Crippen LogP contribution in [0.25, 0.3) is 10.8 Å². The van der Waals surface area contributed by atoms with E-state index in [4.69, 9.17) is 0 Å². The molecule has 1 aliphatic rings. The zero-order valence-electron chi connectivity index (χ0n) is 16.0. The van der Waals surface area contributed by atoms with E-state index in [2.05, 4.69) is 5.32 Å². The molecule has 0 atom stereocenters. The molecule has 1 fully saturated rings. The van der Waals surface area contributed by atoms with E-state index in [-0.39, 0.29) is 29.6 Å². The molecule has 8 heteroatoms. The molecule has 3 aromatic rings. The largest absolute Gasteiger partial charge is 0.326 e. The third-order valence-corrected chi connectivity index (χ3v) is 7.27. The maximum atomic E-state index is 13.3. The summed E-state index contributed by atoms with van der Waals surface area (Å²) in [5, 5.41) is 4.38. The minimum atomic E-state index is -3.66. The fraction of sp³-hybridized carbons (Fsp3) is 0.227. The highest BCUT2D eigenvalue weighted by Gasteiger charge is 2.32. The quantitative estimate of drug-likeness (QED) is 0.676. The number of benzene rings is 3. The Hall–Kier alpha value is -2.84. The van der Waals surface area contributed by atoms with Gasteiger partial charge in [-0.3, -0.25) is 4.79 Å². The van der Waals surface area contributed by atoms with Crippen LogP contribution in [0.3, 0.4) is 0 Å². The van der Waals surface area contributed by atoms with Gasteiger partial charge in [0.05, 0.1) is 4.90 Å². The predicted octanol–water partition coefficient (Wildman–Crippen LogP) is 4.16. The van der Waals surface area contributed by atoms with Crippen molar-refractivity contribution >= 4 is 32.4 Å². The molecule has 0 saturated carbocycles. The molecule has 1 N–H and O–H groups in total. The maximum Gasteiger partial charge on any atom is 0.243 e. The van der Waals surface area contributed by atoms with Crippen molar-refractivity contribution in [1.29, 1.82) is 0 Å². The minimum Gasteiger partial charge on any atom is -0.326 e. The molecule has 0 aromatic heterocycles. The lowest BCUT2D eigenvalue weighted by Crippen LogP contribution is -2.41. The number of amides is 1. The number of nitrogens with zero attached hydrogens (tertiary/aromatic N) is 1. The van der Waals surface area contributed by atoms with Crippen LogP contribution >= 0.6 is 0 Å². The Morgan fingerprint density at radius 2 is 1.60 bits per heavy atom. The van der Waals surface area contributed by atoms with Crippen molar-refractivity contribution in [2.45, 2.75) is 17.7 Å². The molecule has 156 valence electrons. The first-order valence-electron chi connectivity index (χ1n) is 9.59. The average Bonchev–Trinajstić information content (AvgIpc) is 2.76. The van der Waals surface area contributed by atoms with E-state index in [1.807, 2.05) is 24.3 Å². The van der Waals surface area contributed by atoms with Crippen molar-refractivity contribution in [3.8, 4) is 0 Å². The van der Waals surface area contributed by atoms with Crippen LogP contribution in [0.4, 0.5) is 14.5 Å². The van der Waals surface area contributed by atoms with Gasteiger partial charge in [0, 0.05) is 30.8 Å². The summed E-state index contributed by atoms with van der Waals surface area (Å²) in [5.74, 6) is -2.76. The third kappa shape index (κ3) is 4.06. The molecule has 5 nitrogen and oxygen atoms in total. The third-order valence-electron chi connectivity index (χ3n) is 5.37. The number of halogens is 2. The van der Waals surface area contributed by atoms with Crippen LogP contribution in [0.2, 0.25) is 0 Å². The van der Waals surface area contributed by atoms with Crippen LogP contribution in [0.5, 0.6) is 0 Å². The highest BCUT2D eigenvalue weighted by molar-refractivity contribution is 7.89. The molecular weight excluding hydrogens is 410 g/mol. The topological polar surface area (TPSA) is 66.5 Å². The number of sulfonamides is 1. The lowest BCUT2D eigenvalue weighted by molar-refractivity contribution is -0.120. The molecule has 1 heterocycles. The molecule has 30 heavy (non-hydrogen) atoms.